The Bertz CT molecular complexity index is 143. The monoisotopic (exact) mass is 217 g/mol. The van der Waals surface area contributed by atoms with Crippen molar-refractivity contribution in [2.45, 2.75) is 58.6 Å². The van der Waals surface area contributed by atoms with E-state index in [9.17, 15) is 5.11 Å². The van der Waals surface area contributed by atoms with E-state index in [1.807, 2.05) is 20.8 Å². The predicted octanol–water partition coefficient (Wildman–Crippen LogP) is 1.94. The van der Waals surface area contributed by atoms with Gasteiger partial charge >= 0.3 is 0 Å². The molecule has 1 unspecified atom stereocenters. The lowest BCUT2D eigenvalue weighted by molar-refractivity contribution is 0.0429. The number of nitrogens with one attached hydrogen (secondary N) is 1. The van der Waals surface area contributed by atoms with Crippen LogP contribution in [0.4, 0.5) is 0 Å². The number of rotatable bonds is 9. The first-order chi connectivity index (χ1) is 6.98. The van der Waals surface area contributed by atoms with E-state index in [4.69, 9.17) is 4.74 Å². The SMILES string of the molecule is CCCCOCCCNC(C)C(C)(C)O. The normalized spacial score (nSPS) is 14.2. The maximum Gasteiger partial charge on any atom is 0.0741 e. The molecule has 0 aliphatic heterocycles. The number of hydrogen-bond donors (Lipinski definition) is 2. The zero-order chi connectivity index (χ0) is 11.7. The summed E-state index contributed by atoms with van der Waals surface area (Å²) in [5.74, 6) is 0. The van der Waals surface area contributed by atoms with Crippen LogP contribution in [0, 0.1) is 0 Å². The molecule has 3 heteroatoms. The van der Waals surface area contributed by atoms with Crippen LogP contribution in [-0.4, -0.2) is 36.5 Å². The minimum atomic E-state index is -0.650. The highest BCUT2D eigenvalue weighted by Gasteiger charge is 2.20. The summed E-state index contributed by atoms with van der Waals surface area (Å²) in [6.07, 6.45) is 3.34. The van der Waals surface area contributed by atoms with Gasteiger partial charge in [-0.15, -0.1) is 0 Å². The van der Waals surface area contributed by atoms with Crippen LogP contribution < -0.4 is 5.32 Å². The second kappa shape index (κ2) is 8.08. The van der Waals surface area contributed by atoms with Crippen LogP contribution in [0.5, 0.6) is 0 Å². The van der Waals surface area contributed by atoms with E-state index in [-0.39, 0.29) is 6.04 Å². The van der Waals surface area contributed by atoms with Crippen molar-refractivity contribution in [1.29, 1.82) is 0 Å². The quantitative estimate of drug-likeness (QED) is 0.580. The molecule has 0 saturated heterocycles. The molecule has 0 rings (SSSR count). The van der Waals surface area contributed by atoms with Crippen LogP contribution in [0.25, 0.3) is 0 Å². The van der Waals surface area contributed by atoms with Gasteiger partial charge in [0.25, 0.3) is 0 Å². The molecular formula is C12H27NO2. The average molecular weight is 217 g/mol. The molecule has 0 aliphatic carbocycles. The Morgan fingerprint density at radius 2 is 1.87 bits per heavy atom. The summed E-state index contributed by atoms with van der Waals surface area (Å²) in [5, 5.41) is 12.9. The zero-order valence-corrected chi connectivity index (χ0v) is 10.7. The third-order valence-corrected chi connectivity index (χ3v) is 2.62. The fourth-order valence-corrected chi connectivity index (χ4v) is 1.09. The minimum absolute atomic E-state index is 0.119. The number of aliphatic hydroxyl groups is 1. The van der Waals surface area contributed by atoms with Crippen molar-refractivity contribution < 1.29 is 9.84 Å². The van der Waals surface area contributed by atoms with E-state index in [2.05, 4.69) is 12.2 Å². The Labute approximate surface area is 94.2 Å². The molecule has 1 atom stereocenters. The smallest absolute Gasteiger partial charge is 0.0741 e. The summed E-state index contributed by atoms with van der Waals surface area (Å²) in [7, 11) is 0. The maximum absolute atomic E-state index is 9.67. The molecule has 15 heavy (non-hydrogen) atoms. The molecule has 3 nitrogen and oxygen atoms in total. The van der Waals surface area contributed by atoms with Gasteiger partial charge in [-0.2, -0.15) is 0 Å². The van der Waals surface area contributed by atoms with Crippen molar-refractivity contribution >= 4 is 0 Å². The van der Waals surface area contributed by atoms with Gasteiger partial charge < -0.3 is 15.2 Å². The Balaban J connectivity index is 3.24. The van der Waals surface area contributed by atoms with E-state index in [0.29, 0.717) is 0 Å². The van der Waals surface area contributed by atoms with Gasteiger partial charge in [-0.05, 0) is 40.2 Å². The van der Waals surface area contributed by atoms with Gasteiger partial charge in [0.2, 0.25) is 0 Å². The van der Waals surface area contributed by atoms with Crippen molar-refractivity contribution in [3.63, 3.8) is 0 Å². The van der Waals surface area contributed by atoms with Gasteiger partial charge in [-0.25, -0.2) is 0 Å². The van der Waals surface area contributed by atoms with Crippen molar-refractivity contribution in [2.24, 2.45) is 0 Å². The van der Waals surface area contributed by atoms with E-state index in [1.165, 1.54) is 6.42 Å². The number of hydrogen-bond acceptors (Lipinski definition) is 3. The first kappa shape index (κ1) is 14.9. The standard InChI is InChI=1S/C12H27NO2/c1-5-6-9-15-10-7-8-13-11(2)12(3,4)14/h11,13-14H,5-10H2,1-4H3. The largest absolute Gasteiger partial charge is 0.389 e. The average Bonchev–Trinajstić information content (AvgIpc) is 2.14. The molecule has 0 heterocycles. The summed E-state index contributed by atoms with van der Waals surface area (Å²) >= 11 is 0. The topological polar surface area (TPSA) is 41.5 Å². The second-order valence-electron chi connectivity index (χ2n) is 4.65. The van der Waals surface area contributed by atoms with Gasteiger partial charge in [0.15, 0.2) is 0 Å². The number of ether oxygens (including phenoxy) is 1. The third kappa shape index (κ3) is 8.85. The van der Waals surface area contributed by atoms with Crippen molar-refractivity contribution in [3.05, 3.63) is 0 Å². The van der Waals surface area contributed by atoms with E-state index >= 15 is 0 Å². The van der Waals surface area contributed by atoms with Crippen LogP contribution >= 0.6 is 0 Å². The molecular weight excluding hydrogens is 190 g/mol. The highest BCUT2D eigenvalue weighted by molar-refractivity contribution is 4.79. The highest BCUT2D eigenvalue weighted by atomic mass is 16.5. The van der Waals surface area contributed by atoms with Crippen LogP contribution in [0.15, 0.2) is 0 Å². The summed E-state index contributed by atoms with van der Waals surface area (Å²) < 4.78 is 5.44. The Morgan fingerprint density at radius 3 is 2.40 bits per heavy atom. The van der Waals surface area contributed by atoms with Crippen molar-refractivity contribution in [2.75, 3.05) is 19.8 Å². The summed E-state index contributed by atoms with van der Waals surface area (Å²) in [6, 6.07) is 0.119. The summed E-state index contributed by atoms with van der Waals surface area (Å²) in [5.41, 5.74) is -0.650. The fourth-order valence-electron chi connectivity index (χ4n) is 1.09. The molecule has 0 amide bonds. The molecule has 0 bridgehead atoms. The third-order valence-electron chi connectivity index (χ3n) is 2.62. The van der Waals surface area contributed by atoms with Crippen LogP contribution in [0.3, 0.4) is 0 Å². The molecule has 0 aromatic heterocycles. The molecule has 92 valence electrons. The molecule has 0 saturated carbocycles. The Hall–Kier alpha value is -0.120. The first-order valence-corrected chi connectivity index (χ1v) is 6.02. The molecule has 2 N–H and O–H groups in total. The number of unbranched alkanes of at least 4 members (excludes halogenated alkanes) is 1. The van der Waals surface area contributed by atoms with E-state index in [1.54, 1.807) is 0 Å². The Morgan fingerprint density at radius 1 is 1.27 bits per heavy atom. The van der Waals surface area contributed by atoms with Crippen LogP contribution in [-0.2, 0) is 4.74 Å². The van der Waals surface area contributed by atoms with Crippen LogP contribution in [0.2, 0.25) is 0 Å². The van der Waals surface area contributed by atoms with Crippen molar-refractivity contribution in [1.82, 2.24) is 5.32 Å². The molecule has 0 aliphatic rings. The van der Waals surface area contributed by atoms with Crippen LogP contribution in [0.1, 0.15) is 47.0 Å². The zero-order valence-electron chi connectivity index (χ0n) is 10.7. The lowest BCUT2D eigenvalue weighted by Crippen LogP contribution is -2.44. The highest BCUT2D eigenvalue weighted by Crippen LogP contribution is 2.06. The lowest BCUT2D eigenvalue weighted by Gasteiger charge is -2.26. The molecule has 0 aromatic rings. The van der Waals surface area contributed by atoms with Gasteiger partial charge in [0.1, 0.15) is 0 Å². The molecule has 0 radical (unpaired) electrons. The predicted molar refractivity (Wildman–Crippen MR) is 64.1 cm³/mol. The second-order valence-corrected chi connectivity index (χ2v) is 4.65. The van der Waals surface area contributed by atoms with E-state index < -0.39 is 5.60 Å². The maximum atomic E-state index is 9.67. The molecule has 0 aromatic carbocycles. The van der Waals surface area contributed by atoms with Gasteiger partial charge in [0, 0.05) is 19.3 Å². The van der Waals surface area contributed by atoms with E-state index in [0.717, 1.165) is 32.6 Å². The van der Waals surface area contributed by atoms with Crippen molar-refractivity contribution in [3.8, 4) is 0 Å². The van der Waals surface area contributed by atoms with Gasteiger partial charge in [-0.1, -0.05) is 13.3 Å². The fraction of sp³-hybridized carbons (Fsp3) is 1.00. The lowest BCUT2D eigenvalue weighted by atomic mass is 10.0. The first-order valence-electron chi connectivity index (χ1n) is 6.02. The minimum Gasteiger partial charge on any atom is -0.389 e. The summed E-state index contributed by atoms with van der Waals surface area (Å²) in [6.45, 7) is 10.4. The molecule has 0 fully saturated rings. The Kier molecular flexibility index (Phi) is 8.02. The summed E-state index contributed by atoms with van der Waals surface area (Å²) in [4.78, 5) is 0. The van der Waals surface area contributed by atoms with Gasteiger partial charge in [0.05, 0.1) is 5.60 Å². The van der Waals surface area contributed by atoms with Gasteiger partial charge in [-0.3, -0.25) is 0 Å². The molecule has 0 spiro atoms.